The van der Waals surface area contributed by atoms with Crippen LogP contribution in [-0.2, 0) is 4.74 Å². The maximum absolute atomic E-state index is 11.7. The molecule has 0 saturated heterocycles. The van der Waals surface area contributed by atoms with E-state index in [1.54, 1.807) is 18.3 Å². The van der Waals surface area contributed by atoms with Gasteiger partial charge in [0.2, 0.25) is 0 Å². The molecule has 0 radical (unpaired) electrons. The number of carbonyl (C=O) groups excluding carboxylic acids is 1. The van der Waals surface area contributed by atoms with Gasteiger partial charge >= 0.3 is 0 Å². The highest BCUT2D eigenvalue weighted by atomic mass is 79.9. The van der Waals surface area contributed by atoms with Gasteiger partial charge in [-0.1, -0.05) is 0 Å². The van der Waals surface area contributed by atoms with Crippen LogP contribution in [-0.4, -0.2) is 30.6 Å². The molecule has 16 heavy (non-hydrogen) atoms. The minimum atomic E-state index is -0.114. The molecular formula is C11H15BrN2O2. The van der Waals surface area contributed by atoms with Gasteiger partial charge in [-0.25, -0.2) is 4.98 Å². The van der Waals surface area contributed by atoms with Gasteiger partial charge in [0, 0.05) is 26.0 Å². The summed E-state index contributed by atoms with van der Waals surface area (Å²) in [5.74, 6) is -0.114. The number of ether oxygens (including phenoxy) is 1. The number of carbonyl (C=O) groups is 1. The highest BCUT2D eigenvalue weighted by Crippen LogP contribution is 2.11. The van der Waals surface area contributed by atoms with E-state index >= 15 is 0 Å². The number of hydrogen-bond donors (Lipinski definition) is 1. The summed E-state index contributed by atoms with van der Waals surface area (Å²) in [7, 11) is 0. The smallest absolute Gasteiger partial charge is 0.254 e. The van der Waals surface area contributed by atoms with Crippen LogP contribution in [0.5, 0.6) is 0 Å². The molecule has 0 aliphatic carbocycles. The van der Waals surface area contributed by atoms with Crippen LogP contribution in [0.15, 0.2) is 22.9 Å². The number of nitrogens with zero attached hydrogens (tertiary/aromatic N) is 1. The molecule has 0 saturated carbocycles. The summed E-state index contributed by atoms with van der Waals surface area (Å²) in [4.78, 5) is 15.7. The molecule has 0 aliphatic rings. The second-order valence-electron chi connectivity index (χ2n) is 3.15. The number of halogens is 1. The van der Waals surface area contributed by atoms with E-state index in [1.807, 2.05) is 6.92 Å². The molecule has 1 heterocycles. The van der Waals surface area contributed by atoms with Gasteiger partial charge in [0.1, 0.15) is 4.60 Å². The minimum Gasteiger partial charge on any atom is -0.382 e. The third-order valence-corrected chi connectivity index (χ3v) is 2.59. The Hall–Kier alpha value is -0.940. The van der Waals surface area contributed by atoms with Crippen molar-refractivity contribution in [1.82, 2.24) is 10.3 Å². The summed E-state index contributed by atoms with van der Waals surface area (Å²) in [5.41, 5.74) is 0.555. The van der Waals surface area contributed by atoms with Gasteiger partial charge in [0.15, 0.2) is 0 Å². The van der Waals surface area contributed by atoms with Crippen molar-refractivity contribution in [3.8, 4) is 0 Å². The van der Waals surface area contributed by atoms with Gasteiger partial charge in [-0.05, 0) is 41.4 Å². The number of rotatable bonds is 6. The van der Waals surface area contributed by atoms with E-state index in [2.05, 4.69) is 26.2 Å². The lowest BCUT2D eigenvalue weighted by atomic mass is 10.2. The molecule has 0 spiro atoms. The molecule has 4 nitrogen and oxygen atoms in total. The van der Waals surface area contributed by atoms with Crippen LogP contribution in [0.3, 0.4) is 0 Å². The predicted octanol–water partition coefficient (Wildman–Crippen LogP) is 2.00. The molecule has 0 aromatic carbocycles. The van der Waals surface area contributed by atoms with E-state index in [-0.39, 0.29) is 5.91 Å². The zero-order chi connectivity index (χ0) is 11.8. The Morgan fingerprint density at radius 1 is 1.62 bits per heavy atom. The van der Waals surface area contributed by atoms with Gasteiger partial charge < -0.3 is 10.1 Å². The molecule has 5 heteroatoms. The molecule has 0 fully saturated rings. The average Bonchev–Trinajstić information content (AvgIpc) is 2.29. The average molecular weight is 287 g/mol. The second-order valence-corrected chi connectivity index (χ2v) is 3.90. The summed E-state index contributed by atoms with van der Waals surface area (Å²) in [6.45, 7) is 3.94. The summed E-state index contributed by atoms with van der Waals surface area (Å²) in [6, 6.07) is 3.47. The molecule has 1 N–H and O–H groups in total. The molecule has 88 valence electrons. The topological polar surface area (TPSA) is 51.2 Å². The van der Waals surface area contributed by atoms with E-state index < -0.39 is 0 Å². The minimum absolute atomic E-state index is 0.114. The van der Waals surface area contributed by atoms with Crippen molar-refractivity contribution in [3.05, 3.63) is 28.5 Å². The number of amides is 1. The molecular weight excluding hydrogens is 272 g/mol. The van der Waals surface area contributed by atoms with Crippen molar-refractivity contribution in [2.24, 2.45) is 0 Å². The molecule has 0 aliphatic heterocycles. The standard InChI is InChI=1S/C11H15BrN2O2/c1-2-16-8-4-7-14-11(15)9-5-3-6-13-10(9)12/h3,5-6H,2,4,7-8H2,1H3,(H,14,15). The van der Waals surface area contributed by atoms with Gasteiger partial charge in [-0.2, -0.15) is 0 Å². The predicted molar refractivity (Wildman–Crippen MR) is 65.4 cm³/mol. The van der Waals surface area contributed by atoms with Gasteiger partial charge in [-0.15, -0.1) is 0 Å². The molecule has 1 amide bonds. The highest BCUT2D eigenvalue weighted by Gasteiger charge is 2.08. The van der Waals surface area contributed by atoms with E-state index in [1.165, 1.54) is 0 Å². The Morgan fingerprint density at radius 2 is 2.44 bits per heavy atom. The molecule has 1 aromatic rings. The van der Waals surface area contributed by atoms with Crippen molar-refractivity contribution in [3.63, 3.8) is 0 Å². The van der Waals surface area contributed by atoms with E-state index in [0.29, 0.717) is 29.9 Å². The van der Waals surface area contributed by atoms with Crippen LogP contribution >= 0.6 is 15.9 Å². The number of aromatic nitrogens is 1. The van der Waals surface area contributed by atoms with E-state index in [9.17, 15) is 4.79 Å². The van der Waals surface area contributed by atoms with Crippen LogP contribution in [0.4, 0.5) is 0 Å². The van der Waals surface area contributed by atoms with Gasteiger partial charge in [-0.3, -0.25) is 4.79 Å². The lowest BCUT2D eigenvalue weighted by Gasteiger charge is -2.06. The summed E-state index contributed by atoms with van der Waals surface area (Å²) in [6.07, 6.45) is 2.45. The normalized spacial score (nSPS) is 10.1. The molecule has 0 bridgehead atoms. The Kier molecular flexibility index (Phi) is 6.03. The third kappa shape index (κ3) is 4.28. The second kappa shape index (κ2) is 7.35. The Balaban J connectivity index is 2.33. The fraction of sp³-hybridized carbons (Fsp3) is 0.455. The Morgan fingerprint density at radius 3 is 3.12 bits per heavy atom. The van der Waals surface area contributed by atoms with E-state index in [4.69, 9.17) is 4.74 Å². The van der Waals surface area contributed by atoms with Gasteiger partial charge in [0.05, 0.1) is 5.56 Å². The zero-order valence-corrected chi connectivity index (χ0v) is 10.8. The lowest BCUT2D eigenvalue weighted by molar-refractivity contribution is 0.0943. The van der Waals surface area contributed by atoms with Crippen LogP contribution < -0.4 is 5.32 Å². The summed E-state index contributed by atoms with van der Waals surface area (Å²) in [5, 5.41) is 2.81. The zero-order valence-electron chi connectivity index (χ0n) is 9.20. The lowest BCUT2D eigenvalue weighted by Crippen LogP contribution is -2.25. The van der Waals surface area contributed by atoms with Crippen molar-refractivity contribution in [1.29, 1.82) is 0 Å². The first-order valence-electron chi connectivity index (χ1n) is 5.22. The van der Waals surface area contributed by atoms with E-state index in [0.717, 1.165) is 6.42 Å². The highest BCUT2D eigenvalue weighted by molar-refractivity contribution is 9.10. The van der Waals surface area contributed by atoms with Crippen molar-refractivity contribution >= 4 is 21.8 Å². The first-order chi connectivity index (χ1) is 7.75. The molecule has 1 aromatic heterocycles. The third-order valence-electron chi connectivity index (χ3n) is 1.96. The molecule has 0 atom stereocenters. The summed E-state index contributed by atoms with van der Waals surface area (Å²) < 4.78 is 5.74. The maximum Gasteiger partial charge on any atom is 0.254 e. The monoisotopic (exact) mass is 286 g/mol. The number of hydrogen-bond acceptors (Lipinski definition) is 3. The Labute approximate surface area is 104 Å². The Bertz CT molecular complexity index is 345. The fourth-order valence-electron chi connectivity index (χ4n) is 1.17. The van der Waals surface area contributed by atoms with Gasteiger partial charge in [0.25, 0.3) is 5.91 Å². The summed E-state index contributed by atoms with van der Waals surface area (Å²) >= 11 is 3.23. The molecule has 1 rings (SSSR count). The van der Waals surface area contributed by atoms with Crippen LogP contribution in [0.25, 0.3) is 0 Å². The van der Waals surface area contributed by atoms with Crippen molar-refractivity contribution in [2.45, 2.75) is 13.3 Å². The number of pyridine rings is 1. The fourth-order valence-corrected chi connectivity index (χ4v) is 1.60. The van der Waals surface area contributed by atoms with Crippen molar-refractivity contribution in [2.75, 3.05) is 19.8 Å². The van der Waals surface area contributed by atoms with Crippen LogP contribution in [0.1, 0.15) is 23.7 Å². The van der Waals surface area contributed by atoms with Crippen LogP contribution in [0, 0.1) is 0 Å². The maximum atomic E-state index is 11.7. The SMILES string of the molecule is CCOCCCNC(=O)c1cccnc1Br. The van der Waals surface area contributed by atoms with Crippen LogP contribution in [0.2, 0.25) is 0 Å². The largest absolute Gasteiger partial charge is 0.382 e. The quantitative estimate of drug-likeness (QED) is 0.643. The first-order valence-corrected chi connectivity index (χ1v) is 6.01. The van der Waals surface area contributed by atoms with Crippen molar-refractivity contribution < 1.29 is 9.53 Å². The molecule has 0 unspecified atom stereocenters. The first kappa shape index (κ1) is 13.1. The number of nitrogens with one attached hydrogen (secondary N) is 1.